The first-order valence-corrected chi connectivity index (χ1v) is 15.1. The van der Waals surface area contributed by atoms with E-state index >= 15 is 0 Å². The Morgan fingerprint density at radius 2 is 1.67 bits per heavy atom. The quantitative estimate of drug-likeness (QED) is 0.0377. The standard InChI is InChI=1S/C32H48N2O4S/c1-5-7-9-10-11-12-13-14-15-19-23-29(22-8-6-2)38-31(36)25-24-30(35)34(27-32(3,4)39-33-37)26-28-20-17-16-18-21-28/h6,8,16-23H,5,7,9-15,24-27H2,1-4H3. The van der Waals surface area contributed by atoms with Crippen molar-refractivity contribution >= 4 is 23.8 Å². The molecule has 0 saturated carbocycles. The predicted molar refractivity (Wildman–Crippen MR) is 164 cm³/mol. The van der Waals surface area contributed by atoms with Crippen LogP contribution in [0.25, 0.3) is 0 Å². The summed E-state index contributed by atoms with van der Waals surface area (Å²) in [6, 6.07) is 9.66. The smallest absolute Gasteiger partial charge is 0.311 e. The number of rotatable bonds is 21. The molecule has 0 aromatic heterocycles. The summed E-state index contributed by atoms with van der Waals surface area (Å²) in [5.74, 6) is -0.140. The summed E-state index contributed by atoms with van der Waals surface area (Å²) in [4.78, 5) is 38.3. The van der Waals surface area contributed by atoms with Crippen LogP contribution in [0.4, 0.5) is 0 Å². The molecule has 0 aliphatic rings. The molecule has 0 aliphatic carbocycles. The molecule has 39 heavy (non-hydrogen) atoms. The van der Waals surface area contributed by atoms with E-state index in [1.54, 1.807) is 11.0 Å². The van der Waals surface area contributed by atoms with E-state index in [1.165, 1.54) is 44.9 Å². The van der Waals surface area contributed by atoms with Gasteiger partial charge in [0.25, 0.3) is 0 Å². The second kappa shape index (κ2) is 21.2. The van der Waals surface area contributed by atoms with E-state index < -0.39 is 10.7 Å². The second-order valence-corrected chi connectivity index (χ2v) is 11.8. The first-order valence-electron chi connectivity index (χ1n) is 14.3. The van der Waals surface area contributed by atoms with Crippen LogP contribution in [0.3, 0.4) is 0 Å². The van der Waals surface area contributed by atoms with Gasteiger partial charge in [0.15, 0.2) is 0 Å². The second-order valence-electron chi connectivity index (χ2n) is 10.4. The van der Waals surface area contributed by atoms with Crippen molar-refractivity contribution < 1.29 is 14.3 Å². The number of nitrogens with zero attached hydrogens (tertiary/aromatic N) is 2. The molecule has 216 valence electrons. The fourth-order valence-corrected chi connectivity index (χ4v) is 4.50. The van der Waals surface area contributed by atoms with Gasteiger partial charge in [0.1, 0.15) is 5.76 Å². The topological polar surface area (TPSA) is 76.0 Å². The molecule has 1 aromatic carbocycles. The maximum Gasteiger partial charge on any atom is 0.311 e. The van der Waals surface area contributed by atoms with Gasteiger partial charge >= 0.3 is 5.97 Å². The average molecular weight is 557 g/mol. The van der Waals surface area contributed by atoms with Gasteiger partial charge in [-0.1, -0.05) is 100 Å². The zero-order chi connectivity index (χ0) is 28.8. The molecule has 0 radical (unpaired) electrons. The van der Waals surface area contributed by atoms with Gasteiger partial charge in [0, 0.05) is 36.0 Å². The van der Waals surface area contributed by atoms with Gasteiger partial charge in [-0.2, -0.15) is 0 Å². The molecule has 1 rings (SSSR count). The normalized spacial score (nSPS) is 12.3. The fourth-order valence-electron chi connectivity index (χ4n) is 4.09. The summed E-state index contributed by atoms with van der Waals surface area (Å²) in [6.45, 7) is 8.61. The van der Waals surface area contributed by atoms with Crippen LogP contribution in [0, 0.1) is 4.91 Å². The molecule has 0 heterocycles. The zero-order valence-electron chi connectivity index (χ0n) is 24.4. The predicted octanol–water partition coefficient (Wildman–Crippen LogP) is 9.08. The Morgan fingerprint density at radius 1 is 1.00 bits per heavy atom. The molecule has 0 saturated heterocycles. The fraction of sp³-hybridized carbons (Fsp3) is 0.562. The lowest BCUT2D eigenvalue weighted by atomic mass is 10.1. The van der Waals surface area contributed by atoms with Crippen LogP contribution in [0.5, 0.6) is 0 Å². The largest absolute Gasteiger partial charge is 0.427 e. The highest BCUT2D eigenvalue weighted by Gasteiger charge is 2.27. The first kappa shape index (κ1) is 34.4. The SMILES string of the molecule is CC=CC=C(C=CCCCCCCCCCC)OC(=O)CCC(=O)N(Cc1ccccc1)CC(C)(C)SN=O. The van der Waals surface area contributed by atoms with Crippen LogP contribution in [0.2, 0.25) is 0 Å². The van der Waals surface area contributed by atoms with Gasteiger partial charge in [-0.3, -0.25) is 9.59 Å². The molecule has 0 fully saturated rings. The Bertz CT molecular complexity index is 925. The van der Waals surface area contributed by atoms with Crippen LogP contribution < -0.4 is 0 Å². The van der Waals surface area contributed by atoms with E-state index in [4.69, 9.17) is 4.74 Å². The van der Waals surface area contributed by atoms with Crippen LogP contribution in [0.15, 0.2) is 71.1 Å². The third-order valence-electron chi connectivity index (χ3n) is 6.16. The van der Waals surface area contributed by atoms with Crippen LogP contribution in [-0.2, 0) is 20.9 Å². The highest BCUT2D eigenvalue weighted by Crippen LogP contribution is 2.27. The highest BCUT2D eigenvalue weighted by atomic mass is 32.2. The van der Waals surface area contributed by atoms with Crippen molar-refractivity contribution in [3.05, 3.63) is 76.9 Å². The molecule has 0 unspecified atom stereocenters. The van der Waals surface area contributed by atoms with E-state index in [0.717, 1.165) is 30.4 Å². The maximum atomic E-state index is 13.1. The molecule has 6 nitrogen and oxygen atoms in total. The molecule has 0 bridgehead atoms. The minimum atomic E-state index is -0.547. The number of unbranched alkanes of at least 4 members (excludes halogenated alkanes) is 8. The number of esters is 1. The number of carbonyl (C=O) groups excluding carboxylic acids is 2. The number of nitroso groups, excluding NO2 is 1. The van der Waals surface area contributed by atoms with Crippen molar-refractivity contribution in [3.63, 3.8) is 0 Å². The van der Waals surface area contributed by atoms with E-state index in [1.807, 2.05) is 75.4 Å². The molecule has 1 amide bonds. The van der Waals surface area contributed by atoms with Crippen LogP contribution in [-0.4, -0.2) is 28.1 Å². The summed E-state index contributed by atoms with van der Waals surface area (Å²) in [5, 5.41) is 0. The van der Waals surface area contributed by atoms with Crippen molar-refractivity contribution in [1.29, 1.82) is 0 Å². The summed E-state index contributed by atoms with van der Waals surface area (Å²) in [6.07, 6.45) is 20.5. The maximum absolute atomic E-state index is 13.1. The molecular formula is C32H48N2O4S. The van der Waals surface area contributed by atoms with Crippen LogP contribution >= 0.6 is 11.9 Å². The highest BCUT2D eigenvalue weighted by molar-refractivity contribution is 7.99. The zero-order valence-corrected chi connectivity index (χ0v) is 25.2. The monoisotopic (exact) mass is 556 g/mol. The van der Waals surface area contributed by atoms with Gasteiger partial charge in [0.2, 0.25) is 5.91 Å². The lowest BCUT2D eigenvalue weighted by molar-refractivity contribution is -0.142. The van der Waals surface area contributed by atoms with Crippen molar-refractivity contribution in [3.8, 4) is 0 Å². The number of amides is 1. The van der Waals surface area contributed by atoms with E-state index in [9.17, 15) is 14.5 Å². The van der Waals surface area contributed by atoms with E-state index in [2.05, 4.69) is 11.5 Å². The minimum Gasteiger partial charge on any atom is -0.427 e. The summed E-state index contributed by atoms with van der Waals surface area (Å²) in [7, 11) is 0. The number of hydrogen-bond acceptors (Lipinski definition) is 6. The number of benzene rings is 1. The molecule has 1 aromatic rings. The van der Waals surface area contributed by atoms with Crippen molar-refractivity contribution in [1.82, 2.24) is 4.90 Å². The van der Waals surface area contributed by atoms with Crippen molar-refractivity contribution in [2.24, 2.45) is 4.58 Å². The Labute approximate surface area is 240 Å². The molecule has 0 aliphatic heterocycles. The van der Waals surface area contributed by atoms with Crippen molar-refractivity contribution in [2.75, 3.05) is 6.54 Å². The Kier molecular flexibility index (Phi) is 18.7. The van der Waals surface area contributed by atoms with Gasteiger partial charge in [0.05, 0.1) is 11.2 Å². The number of carbonyl (C=O) groups is 2. The molecular weight excluding hydrogens is 508 g/mol. The first-order chi connectivity index (χ1) is 18.8. The Morgan fingerprint density at radius 3 is 2.31 bits per heavy atom. The molecule has 0 spiro atoms. The number of ether oxygens (including phenoxy) is 1. The number of allylic oxidation sites excluding steroid dienone is 5. The van der Waals surface area contributed by atoms with Crippen molar-refractivity contribution in [2.45, 2.75) is 110 Å². The molecule has 7 heteroatoms. The van der Waals surface area contributed by atoms with E-state index in [-0.39, 0.29) is 18.7 Å². The third-order valence-corrected chi connectivity index (χ3v) is 6.86. The van der Waals surface area contributed by atoms with E-state index in [0.29, 0.717) is 18.8 Å². The van der Waals surface area contributed by atoms with Gasteiger partial charge in [-0.25, -0.2) is 0 Å². The third kappa shape index (κ3) is 17.5. The summed E-state index contributed by atoms with van der Waals surface area (Å²) < 4.78 is 7.98. The molecule has 0 N–H and O–H groups in total. The molecule has 0 atom stereocenters. The summed E-state index contributed by atoms with van der Waals surface area (Å²) in [5.41, 5.74) is 0.978. The van der Waals surface area contributed by atoms with Crippen LogP contribution in [0.1, 0.15) is 104 Å². The Balaban J connectivity index is 2.61. The Hall–Kier alpha value is -2.67. The van der Waals surface area contributed by atoms with Gasteiger partial charge in [-0.05, 0) is 51.3 Å². The van der Waals surface area contributed by atoms with Gasteiger partial charge in [-0.15, -0.1) is 4.91 Å². The summed E-state index contributed by atoms with van der Waals surface area (Å²) >= 11 is 0.910. The number of hydrogen-bond donors (Lipinski definition) is 0. The average Bonchev–Trinajstić information content (AvgIpc) is 2.91. The van der Waals surface area contributed by atoms with Gasteiger partial charge < -0.3 is 9.64 Å². The lowest BCUT2D eigenvalue weighted by Gasteiger charge is -2.30. The minimum absolute atomic E-state index is 0.0251. The lowest BCUT2D eigenvalue weighted by Crippen LogP contribution is -2.40.